The van der Waals surface area contributed by atoms with E-state index in [1.54, 1.807) is 30.3 Å². The molecule has 0 atom stereocenters. The van der Waals surface area contributed by atoms with Crippen LogP contribution in [0.2, 0.25) is 10.0 Å². The van der Waals surface area contributed by atoms with Gasteiger partial charge in [-0.2, -0.15) is 13.2 Å². The Morgan fingerprint density at radius 1 is 1.03 bits per heavy atom. The van der Waals surface area contributed by atoms with Crippen molar-refractivity contribution in [2.45, 2.75) is 6.18 Å². The number of rotatable bonds is 3. The quantitative estimate of drug-likeness (QED) is 0.273. The summed E-state index contributed by atoms with van der Waals surface area (Å²) in [6.07, 6.45) is -2.94. The highest BCUT2D eigenvalue weighted by Crippen LogP contribution is 2.38. The largest absolute Gasteiger partial charge is 0.457 e. The van der Waals surface area contributed by atoms with E-state index in [1.165, 1.54) is 23.1 Å². The fourth-order valence-corrected chi connectivity index (χ4v) is 4.66. The van der Waals surface area contributed by atoms with Crippen molar-refractivity contribution < 1.29 is 22.4 Å². The number of hydrogen-bond donors (Lipinski definition) is 0. The second-order valence-electron chi connectivity index (χ2n) is 6.39. The number of halogens is 5. The zero-order chi connectivity index (χ0) is 22.3. The Bertz CT molecular complexity index is 1220. The molecule has 1 amide bonds. The summed E-state index contributed by atoms with van der Waals surface area (Å²) in [7, 11) is 0. The highest BCUT2D eigenvalue weighted by Gasteiger charge is 2.35. The molecule has 3 aromatic rings. The lowest BCUT2D eigenvalue weighted by Crippen LogP contribution is -2.27. The van der Waals surface area contributed by atoms with Crippen LogP contribution in [0.15, 0.2) is 63.9 Å². The maximum Gasteiger partial charge on any atom is 0.416 e. The molecule has 1 fully saturated rings. The van der Waals surface area contributed by atoms with Gasteiger partial charge in [0, 0.05) is 16.7 Å². The molecule has 158 valence electrons. The first-order chi connectivity index (χ1) is 14.6. The summed E-state index contributed by atoms with van der Waals surface area (Å²) in [6, 6.07) is 12.6. The van der Waals surface area contributed by atoms with E-state index in [9.17, 15) is 18.0 Å². The Morgan fingerprint density at radius 3 is 2.39 bits per heavy atom. The Kier molecular flexibility index (Phi) is 5.91. The van der Waals surface area contributed by atoms with E-state index in [4.69, 9.17) is 39.8 Å². The molecule has 0 saturated carbocycles. The van der Waals surface area contributed by atoms with E-state index in [-0.39, 0.29) is 14.9 Å². The van der Waals surface area contributed by atoms with Gasteiger partial charge in [-0.25, -0.2) is 0 Å². The smallest absolute Gasteiger partial charge is 0.416 e. The summed E-state index contributed by atoms with van der Waals surface area (Å²) in [4.78, 5) is 14.3. The molecule has 2 aromatic carbocycles. The van der Waals surface area contributed by atoms with Crippen molar-refractivity contribution in [2.24, 2.45) is 0 Å². The first-order valence-corrected chi connectivity index (χ1v) is 10.6. The first kappa shape index (κ1) is 22.0. The van der Waals surface area contributed by atoms with E-state index in [0.29, 0.717) is 27.1 Å². The number of furan rings is 1. The van der Waals surface area contributed by atoms with Crippen molar-refractivity contribution >= 4 is 69.2 Å². The zero-order valence-corrected chi connectivity index (χ0v) is 18.4. The predicted octanol–water partition coefficient (Wildman–Crippen LogP) is 7.68. The van der Waals surface area contributed by atoms with Crippen LogP contribution < -0.4 is 4.90 Å². The van der Waals surface area contributed by atoms with Crippen molar-refractivity contribution in [3.05, 3.63) is 80.9 Å². The monoisotopic (exact) mass is 499 g/mol. The third-order valence-electron chi connectivity index (χ3n) is 4.34. The third-order valence-corrected chi connectivity index (χ3v) is 6.19. The van der Waals surface area contributed by atoms with E-state index in [1.807, 2.05) is 0 Å². The van der Waals surface area contributed by atoms with Crippen LogP contribution in [0.3, 0.4) is 0 Å². The molecule has 2 heterocycles. The molecular weight excluding hydrogens is 490 g/mol. The van der Waals surface area contributed by atoms with Crippen LogP contribution in [0, 0.1) is 0 Å². The molecule has 0 bridgehead atoms. The minimum Gasteiger partial charge on any atom is -0.457 e. The number of carbonyl (C=O) groups excluding carboxylic acids is 1. The van der Waals surface area contributed by atoms with E-state index < -0.39 is 17.6 Å². The molecule has 1 aliphatic heterocycles. The fourth-order valence-electron chi connectivity index (χ4n) is 2.88. The van der Waals surface area contributed by atoms with Crippen LogP contribution in [0.5, 0.6) is 0 Å². The number of alkyl halides is 3. The van der Waals surface area contributed by atoms with Gasteiger partial charge in [0.2, 0.25) is 0 Å². The lowest BCUT2D eigenvalue weighted by molar-refractivity contribution is -0.137. The van der Waals surface area contributed by atoms with Crippen LogP contribution in [-0.4, -0.2) is 10.2 Å². The average Bonchev–Trinajstić information content (AvgIpc) is 3.26. The van der Waals surface area contributed by atoms with E-state index in [0.717, 1.165) is 23.9 Å². The number of benzene rings is 2. The number of nitrogens with zero attached hydrogens (tertiary/aromatic N) is 1. The van der Waals surface area contributed by atoms with Gasteiger partial charge in [-0.15, -0.1) is 0 Å². The SMILES string of the molecule is O=C1/C(=C/c2ccc(-c3ccc(Cl)cc3Cl)o2)SC(=S)N1c1ccc(C(F)(F)F)cc1. The summed E-state index contributed by atoms with van der Waals surface area (Å²) in [5.41, 5.74) is 0.0937. The minimum absolute atomic E-state index is 0.212. The van der Waals surface area contributed by atoms with E-state index in [2.05, 4.69) is 0 Å². The van der Waals surface area contributed by atoms with Crippen molar-refractivity contribution in [1.29, 1.82) is 0 Å². The molecule has 4 rings (SSSR count). The lowest BCUT2D eigenvalue weighted by atomic mass is 10.2. The molecule has 3 nitrogen and oxygen atoms in total. The average molecular weight is 500 g/mol. The van der Waals surface area contributed by atoms with Crippen LogP contribution in [0.1, 0.15) is 11.3 Å². The summed E-state index contributed by atoms with van der Waals surface area (Å²) in [6.45, 7) is 0. The molecular formula is C21H10Cl2F3NO2S2. The number of carbonyl (C=O) groups is 1. The van der Waals surface area contributed by atoms with Crippen molar-refractivity contribution in [3.63, 3.8) is 0 Å². The van der Waals surface area contributed by atoms with Gasteiger partial charge in [-0.1, -0.05) is 47.2 Å². The van der Waals surface area contributed by atoms with Gasteiger partial charge in [0.25, 0.3) is 5.91 Å². The van der Waals surface area contributed by atoms with Gasteiger partial charge in [0.1, 0.15) is 11.5 Å². The van der Waals surface area contributed by atoms with Crippen molar-refractivity contribution in [2.75, 3.05) is 4.90 Å². The number of hydrogen-bond acceptors (Lipinski definition) is 4. The molecule has 0 spiro atoms. The Hall–Kier alpha value is -2.26. The Labute approximate surface area is 194 Å². The number of thiocarbonyl (C=S) groups is 1. The van der Waals surface area contributed by atoms with Gasteiger partial charge in [0.05, 0.1) is 21.2 Å². The number of amides is 1. The second kappa shape index (κ2) is 8.35. The standard InChI is InChI=1S/C21H10Cl2F3NO2S2/c22-12-3-7-15(16(23)9-12)17-8-6-14(29-17)10-18-19(28)27(20(30)31-18)13-4-1-11(2-5-13)21(24,25)26/h1-10H/b18-10-. The van der Waals surface area contributed by atoms with E-state index >= 15 is 0 Å². The molecule has 1 saturated heterocycles. The maximum atomic E-state index is 12.8. The van der Waals surface area contributed by atoms with Crippen LogP contribution >= 0.6 is 47.2 Å². The Morgan fingerprint density at radius 2 is 1.74 bits per heavy atom. The number of thioether (sulfide) groups is 1. The van der Waals surface area contributed by atoms with Crippen LogP contribution in [0.25, 0.3) is 17.4 Å². The highest BCUT2D eigenvalue weighted by molar-refractivity contribution is 8.27. The number of anilines is 1. The maximum absolute atomic E-state index is 12.8. The normalized spacial score (nSPS) is 15.9. The molecule has 1 aliphatic rings. The topological polar surface area (TPSA) is 33.5 Å². The molecule has 10 heteroatoms. The van der Waals surface area contributed by atoms with Crippen LogP contribution in [-0.2, 0) is 11.0 Å². The van der Waals surface area contributed by atoms with Gasteiger partial charge >= 0.3 is 6.18 Å². The molecule has 0 aliphatic carbocycles. The third kappa shape index (κ3) is 4.52. The van der Waals surface area contributed by atoms with Crippen LogP contribution in [0.4, 0.5) is 18.9 Å². The highest BCUT2D eigenvalue weighted by atomic mass is 35.5. The molecule has 0 N–H and O–H groups in total. The zero-order valence-electron chi connectivity index (χ0n) is 15.2. The van der Waals surface area contributed by atoms with Gasteiger partial charge in [-0.05, 0) is 54.6 Å². The molecule has 31 heavy (non-hydrogen) atoms. The van der Waals surface area contributed by atoms with Gasteiger partial charge in [-0.3, -0.25) is 9.69 Å². The molecule has 1 aromatic heterocycles. The summed E-state index contributed by atoms with van der Waals surface area (Å²) in [5, 5.41) is 0.912. The summed E-state index contributed by atoms with van der Waals surface area (Å²) >= 11 is 18.4. The molecule has 0 radical (unpaired) electrons. The van der Waals surface area contributed by atoms with Gasteiger partial charge < -0.3 is 4.42 Å². The summed E-state index contributed by atoms with van der Waals surface area (Å²) < 4.78 is 44.3. The van der Waals surface area contributed by atoms with Crippen molar-refractivity contribution in [1.82, 2.24) is 0 Å². The molecule has 0 unspecified atom stereocenters. The second-order valence-corrected chi connectivity index (χ2v) is 8.91. The predicted molar refractivity (Wildman–Crippen MR) is 121 cm³/mol. The van der Waals surface area contributed by atoms with Crippen molar-refractivity contribution in [3.8, 4) is 11.3 Å². The first-order valence-electron chi connectivity index (χ1n) is 8.64. The van der Waals surface area contributed by atoms with Gasteiger partial charge in [0.15, 0.2) is 4.32 Å². The summed E-state index contributed by atoms with van der Waals surface area (Å²) in [5.74, 6) is 0.442. The minimum atomic E-state index is -4.46. The Balaban J connectivity index is 1.58. The fraction of sp³-hybridized carbons (Fsp3) is 0.0476. The lowest BCUT2D eigenvalue weighted by Gasteiger charge is -2.15.